The Bertz CT molecular complexity index is 499. The summed E-state index contributed by atoms with van der Waals surface area (Å²) in [6.07, 6.45) is -2.35. The number of carbonyl (C=O) groups excluding carboxylic acids is 1. The van der Waals surface area contributed by atoms with Crippen molar-refractivity contribution < 1.29 is 22.7 Å². The van der Waals surface area contributed by atoms with Crippen molar-refractivity contribution >= 4 is 5.97 Å². The molecule has 0 bridgehead atoms. The predicted molar refractivity (Wildman–Crippen MR) is 76.4 cm³/mol. The van der Waals surface area contributed by atoms with E-state index in [1.54, 1.807) is 24.3 Å². The van der Waals surface area contributed by atoms with Crippen LogP contribution in [0.5, 0.6) is 0 Å². The summed E-state index contributed by atoms with van der Waals surface area (Å²) in [5.74, 6) is -1.60. The first-order chi connectivity index (χ1) is 10.4. The summed E-state index contributed by atoms with van der Waals surface area (Å²) in [4.78, 5) is 11.3. The Labute approximate surface area is 127 Å². The number of hydrogen-bond acceptors (Lipinski definition) is 3. The van der Waals surface area contributed by atoms with Crippen molar-refractivity contribution in [2.24, 2.45) is 5.92 Å². The van der Waals surface area contributed by atoms with Crippen LogP contribution in [0.25, 0.3) is 0 Å². The van der Waals surface area contributed by atoms with E-state index in [2.05, 4.69) is 10.1 Å². The zero-order chi connectivity index (χ0) is 16.2. The zero-order valence-electron chi connectivity index (χ0n) is 12.5. The number of alkyl halides is 3. The van der Waals surface area contributed by atoms with Gasteiger partial charge in [-0.15, -0.1) is 0 Å². The van der Waals surface area contributed by atoms with Crippen molar-refractivity contribution in [1.29, 1.82) is 0 Å². The molecule has 1 aromatic carbocycles. The highest BCUT2D eigenvalue weighted by atomic mass is 19.4. The van der Waals surface area contributed by atoms with Crippen LogP contribution in [0.2, 0.25) is 0 Å². The van der Waals surface area contributed by atoms with Gasteiger partial charge in [0.15, 0.2) is 0 Å². The van der Waals surface area contributed by atoms with E-state index in [-0.39, 0.29) is 18.9 Å². The van der Waals surface area contributed by atoms with Gasteiger partial charge in [-0.2, -0.15) is 13.2 Å². The molecular formula is C16H20F3NO2. The molecule has 0 saturated heterocycles. The van der Waals surface area contributed by atoms with E-state index in [0.717, 1.165) is 12.0 Å². The lowest BCUT2D eigenvalue weighted by Gasteiger charge is -2.31. The van der Waals surface area contributed by atoms with E-state index in [4.69, 9.17) is 0 Å². The van der Waals surface area contributed by atoms with Crippen LogP contribution in [0.1, 0.15) is 41.6 Å². The monoisotopic (exact) mass is 315 g/mol. The molecule has 1 aromatic rings. The van der Waals surface area contributed by atoms with Gasteiger partial charge in [-0.1, -0.05) is 18.6 Å². The number of ether oxygens (including phenoxy) is 1. The van der Waals surface area contributed by atoms with Crippen molar-refractivity contribution in [3.8, 4) is 0 Å². The highest BCUT2D eigenvalue weighted by Gasteiger charge is 2.41. The Hall–Kier alpha value is -1.56. The fourth-order valence-electron chi connectivity index (χ4n) is 2.81. The van der Waals surface area contributed by atoms with Gasteiger partial charge < -0.3 is 10.1 Å². The second-order valence-electron chi connectivity index (χ2n) is 5.67. The van der Waals surface area contributed by atoms with E-state index in [1.165, 1.54) is 7.11 Å². The van der Waals surface area contributed by atoms with Gasteiger partial charge in [0.05, 0.1) is 18.6 Å². The summed E-state index contributed by atoms with van der Waals surface area (Å²) < 4.78 is 42.9. The SMILES string of the molecule is COC(=O)c1ccc(CNC2CCCC(C(F)(F)F)C2)cc1. The molecule has 2 atom stereocenters. The van der Waals surface area contributed by atoms with Crippen molar-refractivity contribution in [2.75, 3.05) is 7.11 Å². The second-order valence-corrected chi connectivity index (χ2v) is 5.67. The molecule has 0 aromatic heterocycles. The molecular weight excluding hydrogens is 295 g/mol. The van der Waals surface area contributed by atoms with Crippen LogP contribution in [0.15, 0.2) is 24.3 Å². The van der Waals surface area contributed by atoms with Crippen LogP contribution in [-0.4, -0.2) is 25.3 Å². The molecule has 0 aliphatic heterocycles. The lowest BCUT2D eigenvalue weighted by atomic mass is 9.85. The van der Waals surface area contributed by atoms with E-state index < -0.39 is 18.1 Å². The molecule has 0 radical (unpaired) electrons. The van der Waals surface area contributed by atoms with Gasteiger partial charge in [0, 0.05) is 12.6 Å². The third-order valence-corrected chi connectivity index (χ3v) is 4.11. The number of nitrogens with one attached hydrogen (secondary N) is 1. The third-order valence-electron chi connectivity index (χ3n) is 4.11. The number of methoxy groups -OCH3 is 1. The predicted octanol–water partition coefficient (Wildman–Crippen LogP) is 3.68. The van der Waals surface area contributed by atoms with Crippen LogP contribution < -0.4 is 5.32 Å². The number of benzene rings is 1. The molecule has 2 rings (SSSR count). The first-order valence-corrected chi connectivity index (χ1v) is 7.37. The summed E-state index contributed by atoms with van der Waals surface area (Å²) in [5.41, 5.74) is 1.39. The normalized spacial score (nSPS) is 22.4. The average Bonchev–Trinajstić information content (AvgIpc) is 2.52. The molecule has 0 spiro atoms. The van der Waals surface area contributed by atoms with Gasteiger partial charge in [0.25, 0.3) is 0 Å². The Kier molecular flexibility index (Phi) is 5.45. The minimum absolute atomic E-state index is 0.111. The largest absolute Gasteiger partial charge is 0.465 e. The van der Waals surface area contributed by atoms with Gasteiger partial charge in [-0.05, 0) is 37.0 Å². The van der Waals surface area contributed by atoms with Gasteiger partial charge in [0.2, 0.25) is 0 Å². The molecule has 122 valence electrons. The van der Waals surface area contributed by atoms with E-state index in [0.29, 0.717) is 18.5 Å². The van der Waals surface area contributed by atoms with Crippen LogP contribution in [-0.2, 0) is 11.3 Å². The van der Waals surface area contributed by atoms with Crippen LogP contribution in [0.3, 0.4) is 0 Å². The Morgan fingerprint density at radius 1 is 1.27 bits per heavy atom. The van der Waals surface area contributed by atoms with Gasteiger partial charge in [-0.25, -0.2) is 4.79 Å². The molecule has 1 fully saturated rings. The fourth-order valence-corrected chi connectivity index (χ4v) is 2.81. The van der Waals surface area contributed by atoms with Gasteiger partial charge in [-0.3, -0.25) is 0 Å². The first kappa shape index (κ1) is 16.8. The molecule has 0 amide bonds. The first-order valence-electron chi connectivity index (χ1n) is 7.37. The minimum atomic E-state index is -4.09. The fraction of sp³-hybridized carbons (Fsp3) is 0.562. The zero-order valence-corrected chi connectivity index (χ0v) is 12.5. The third kappa shape index (κ3) is 4.47. The maximum Gasteiger partial charge on any atom is 0.391 e. The maximum atomic E-state index is 12.8. The Morgan fingerprint density at radius 3 is 2.55 bits per heavy atom. The maximum absolute atomic E-state index is 12.8. The number of hydrogen-bond donors (Lipinski definition) is 1. The Balaban J connectivity index is 1.86. The average molecular weight is 315 g/mol. The molecule has 6 heteroatoms. The topological polar surface area (TPSA) is 38.3 Å². The summed E-state index contributed by atoms with van der Waals surface area (Å²) >= 11 is 0. The van der Waals surface area contributed by atoms with Gasteiger partial charge in [0.1, 0.15) is 0 Å². The highest BCUT2D eigenvalue weighted by molar-refractivity contribution is 5.89. The van der Waals surface area contributed by atoms with Gasteiger partial charge >= 0.3 is 12.1 Å². The molecule has 2 unspecified atom stereocenters. The minimum Gasteiger partial charge on any atom is -0.465 e. The molecule has 3 nitrogen and oxygen atoms in total. The number of esters is 1. The molecule has 1 saturated carbocycles. The summed E-state index contributed by atoms with van der Waals surface area (Å²) in [5, 5.41) is 3.19. The van der Waals surface area contributed by atoms with Crippen molar-refractivity contribution in [3.63, 3.8) is 0 Å². The Morgan fingerprint density at radius 2 is 1.95 bits per heavy atom. The van der Waals surface area contributed by atoms with E-state index in [9.17, 15) is 18.0 Å². The molecule has 1 N–H and O–H groups in total. The number of halogens is 3. The second kappa shape index (κ2) is 7.13. The van der Waals surface area contributed by atoms with E-state index >= 15 is 0 Å². The van der Waals surface area contributed by atoms with Crippen LogP contribution >= 0.6 is 0 Å². The molecule has 1 aliphatic rings. The van der Waals surface area contributed by atoms with Crippen LogP contribution in [0, 0.1) is 5.92 Å². The quantitative estimate of drug-likeness (QED) is 0.861. The van der Waals surface area contributed by atoms with Crippen molar-refractivity contribution in [2.45, 2.75) is 44.4 Å². The summed E-state index contributed by atoms with van der Waals surface area (Å²) in [7, 11) is 1.32. The summed E-state index contributed by atoms with van der Waals surface area (Å²) in [6.45, 7) is 0.497. The van der Waals surface area contributed by atoms with Crippen molar-refractivity contribution in [1.82, 2.24) is 5.32 Å². The van der Waals surface area contributed by atoms with Crippen LogP contribution in [0.4, 0.5) is 13.2 Å². The summed E-state index contributed by atoms with van der Waals surface area (Å²) in [6, 6.07) is 6.76. The number of rotatable bonds is 4. The molecule has 22 heavy (non-hydrogen) atoms. The molecule has 1 aliphatic carbocycles. The highest BCUT2D eigenvalue weighted by Crippen LogP contribution is 2.37. The smallest absolute Gasteiger partial charge is 0.391 e. The standard InChI is InChI=1S/C16H20F3NO2/c1-22-15(21)12-7-5-11(6-8-12)10-20-14-4-2-3-13(9-14)16(17,18)19/h5-8,13-14,20H,2-4,9-10H2,1H3. The van der Waals surface area contributed by atoms with E-state index in [1.807, 2.05) is 0 Å². The van der Waals surface area contributed by atoms with Crippen molar-refractivity contribution in [3.05, 3.63) is 35.4 Å². The lowest BCUT2D eigenvalue weighted by Crippen LogP contribution is -2.38. The number of carbonyl (C=O) groups is 1. The lowest BCUT2D eigenvalue weighted by molar-refractivity contribution is -0.183. The molecule has 0 heterocycles.